The Labute approximate surface area is 112 Å². The Morgan fingerprint density at radius 3 is 2.53 bits per heavy atom. The Bertz CT molecular complexity index is 476. The lowest BCUT2D eigenvalue weighted by molar-refractivity contribution is -0.384. The lowest BCUT2D eigenvalue weighted by Crippen LogP contribution is -2.28. The average molecular weight is 264 g/mol. The predicted octanol–water partition coefficient (Wildman–Crippen LogP) is 3.52. The van der Waals surface area contributed by atoms with E-state index in [1.807, 2.05) is 0 Å². The van der Waals surface area contributed by atoms with Crippen LogP contribution >= 0.6 is 0 Å². The molecule has 1 aromatic rings. The van der Waals surface area contributed by atoms with Crippen molar-refractivity contribution in [3.8, 4) is 5.75 Å². The molecule has 0 aromatic heterocycles. The van der Waals surface area contributed by atoms with Crippen molar-refractivity contribution in [2.75, 3.05) is 5.73 Å². The molecule has 0 heterocycles. The van der Waals surface area contributed by atoms with E-state index in [9.17, 15) is 10.1 Å². The summed E-state index contributed by atoms with van der Waals surface area (Å²) in [6.07, 6.45) is 4.43. The molecule has 2 rings (SSSR count). The molecule has 0 unspecified atom stereocenters. The first kappa shape index (κ1) is 13.6. The minimum atomic E-state index is -0.455. The number of hydrogen-bond donors (Lipinski definition) is 1. The van der Waals surface area contributed by atoms with Gasteiger partial charge >= 0.3 is 0 Å². The number of nitro groups is 1. The molecule has 1 aromatic carbocycles. The summed E-state index contributed by atoms with van der Waals surface area (Å²) in [6.45, 7) is 4.53. The molecule has 1 fully saturated rings. The number of benzene rings is 1. The molecule has 0 amide bonds. The van der Waals surface area contributed by atoms with E-state index in [1.165, 1.54) is 12.1 Å². The second kappa shape index (κ2) is 5.07. The standard InChI is InChI=1S/C14H20N2O3/c1-14(2)7-5-11(6-8-14)19-13-4-3-10(16(17)18)9-12(13)15/h3-4,9,11H,5-8,15H2,1-2H3. The summed E-state index contributed by atoms with van der Waals surface area (Å²) in [5, 5.41) is 10.6. The molecule has 0 saturated heterocycles. The van der Waals surface area contributed by atoms with Crippen molar-refractivity contribution in [1.82, 2.24) is 0 Å². The Balaban J connectivity index is 2.02. The number of nitrogens with two attached hydrogens (primary N) is 1. The second-order valence-corrected chi connectivity index (χ2v) is 5.96. The van der Waals surface area contributed by atoms with Gasteiger partial charge in [-0.1, -0.05) is 13.8 Å². The monoisotopic (exact) mass is 264 g/mol. The summed E-state index contributed by atoms with van der Waals surface area (Å²) in [7, 11) is 0. The van der Waals surface area contributed by atoms with Crippen LogP contribution in [0.5, 0.6) is 5.75 Å². The van der Waals surface area contributed by atoms with E-state index >= 15 is 0 Å². The maximum atomic E-state index is 10.6. The van der Waals surface area contributed by atoms with Crippen LogP contribution in [-0.2, 0) is 0 Å². The largest absolute Gasteiger partial charge is 0.488 e. The van der Waals surface area contributed by atoms with Gasteiger partial charge in [-0.15, -0.1) is 0 Å². The Hall–Kier alpha value is -1.78. The molecule has 0 spiro atoms. The third kappa shape index (κ3) is 3.36. The van der Waals surface area contributed by atoms with Crippen LogP contribution in [0.25, 0.3) is 0 Å². The third-order valence-corrected chi connectivity index (χ3v) is 3.78. The van der Waals surface area contributed by atoms with E-state index in [1.54, 1.807) is 6.07 Å². The Kier molecular flexibility index (Phi) is 3.64. The summed E-state index contributed by atoms with van der Waals surface area (Å²) >= 11 is 0. The zero-order valence-corrected chi connectivity index (χ0v) is 11.4. The molecule has 0 aliphatic heterocycles. The fourth-order valence-electron chi connectivity index (χ4n) is 2.43. The van der Waals surface area contributed by atoms with E-state index in [0.717, 1.165) is 25.7 Å². The van der Waals surface area contributed by atoms with Gasteiger partial charge in [-0.3, -0.25) is 10.1 Å². The normalized spacial score (nSPS) is 19.1. The van der Waals surface area contributed by atoms with Crippen LogP contribution in [-0.4, -0.2) is 11.0 Å². The summed E-state index contributed by atoms with van der Waals surface area (Å²) < 4.78 is 5.87. The summed E-state index contributed by atoms with van der Waals surface area (Å²) in [4.78, 5) is 10.2. The van der Waals surface area contributed by atoms with E-state index in [4.69, 9.17) is 10.5 Å². The van der Waals surface area contributed by atoms with Gasteiger partial charge in [0.2, 0.25) is 0 Å². The van der Waals surface area contributed by atoms with Gasteiger partial charge in [0.25, 0.3) is 5.69 Å². The lowest BCUT2D eigenvalue weighted by Gasteiger charge is -2.34. The van der Waals surface area contributed by atoms with Gasteiger partial charge < -0.3 is 10.5 Å². The van der Waals surface area contributed by atoms with Crippen LogP contribution in [0.4, 0.5) is 11.4 Å². The predicted molar refractivity (Wildman–Crippen MR) is 74.2 cm³/mol. The van der Waals surface area contributed by atoms with Crippen molar-refractivity contribution in [2.24, 2.45) is 5.41 Å². The van der Waals surface area contributed by atoms with E-state index in [2.05, 4.69) is 13.8 Å². The number of anilines is 1. The number of hydrogen-bond acceptors (Lipinski definition) is 4. The molecule has 5 nitrogen and oxygen atoms in total. The molecule has 5 heteroatoms. The molecule has 1 aliphatic carbocycles. The highest BCUT2D eigenvalue weighted by atomic mass is 16.6. The molecule has 19 heavy (non-hydrogen) atoms. The van der Waals surface area contributed by atoms with Gasteiger partial charge in [-0.2, -0.15) is 0 Å². The zero-order valence-electron chi connectivity index (χ0n) is 11.4. The van der Waals surface area contributed by atoms with Crippen molar-refractivity contribution in [3.05, 3.63) is 28.3 Å². The van der Waals surface area contributed by atoms with Gasteiger partial charge in [-0.05, 0) is 37.2 Å². The van der Waals surface area contributed by atoms with Gasteiger partial charge in [0.05, 0.1) is 16.7 Å². The van der Waals surface area contributed by atoms with Crippen molar-refractivity contribution in [1.29, 1.82) is 0 Å². The van der Waals surface area contributed by atoms with E-state index < -0.39 is 4.92 Å². The molecule has 0 atom stereocenters. The first-order valence-electron chi connectivity index (χ1n) is 6.58. The van der Waals surface area contributed by atoms with Crippen LogP contribution in [0.15, 0.2) is 18.2 Å². The molecular formula is C14H20N2O3. The molecule has 1 aliphatic rings. The topological polar surface area (TPSA) is 78.4 Å². The number of nitrogen functional groups attached to an aromatic ring is 1. The number of non-ortho nitro benzene ring substituents is 1. The summed E-state index contributed by atoms with van der Waals surface area (Å²) in [5.74, 6) is 0.551. The molecule has 2 N–H and O–H groups in total. The van der Waals surface area contributed by atoms with Gasteiger partial charge in [0.15, 0.2) is 0 Å². The minimum Gasteiger partial charge on any atom is -0.488 e. The fourth-order valence-corrected chi connectivity index (χ4v) is 2.43. The number of rotatable bonds is 3. The molecule has 104 valence electrons. The molecular weight excluding hydrogens is 244 g/mol. The molecule has 0 radical (unpaired) electrons. The van der Waals surface area contributed by atoms with Crippen LogP contribution in [0.3, 0.4) is 0 Å². The minimum absolute atomic E-state index is 0.00497. The first-order valence-corrected chi connectivity index (χ1v) is 6.58. The van der Waals surface area contributed by atoms with Crippen molar-refractivity contribution < 1.29 is 9.66 Å². The summed E-state index contributed by atoms with van der Waals surface area (Å²) in [5.41, 5.74) is 6.52. The fraction of sp³-hybridized carbons (Fsp3) is 0.571. The maximum Gasteiger partial charge on any atom is 0.271 e. The van der Waals surface area contributed by atoms with Crippen LogP contribution in [0.1, 0.15) is 39.5 Å². The van der Waals surface area contributed by atoms with E-state index in [0.29, 0.717) is 16.9 Å². The lowest BCUT2D eigenvalue weighted by atomic mass is 9.76. The van der Waals surface area contributed by atoms with E-state index in [-0.39, 0.29) is 11.8 Å². The van der Waals surface area contributed by atoms with Crippen LogP contribution in [0, 0.1) is 15.5 Å². The number of ether oxygens (including phenoxy) is 1. The number of nitrogens with zero attached hydrogens (tertiary/aromatic N) is 1. The first-order chi connectivity index (χ1) is 8.87. The second-order valence-electron chi connectivity index (χ2n) is 5.96. The highest BCUT2D eigenvalue weighted by Crippen LogP contribution is 2.37. The van der Waals surface area contributed by atoms with Crippen LogP contribution < -0.4 is 10.5 Å². The van der Waals surface area contributed by atoms with Crippen molar-refractivity contribution in [3.63, 3.8) is 0 Å². The highest BCUT2D eigenvalue weighted by molar-refractivity contribution is 5.58. The van der Waals surface area contributed by atoms with Gasteiger partial charge in [0.1, 0.15) is 5.75 Å². The van der Waals surface area contributed by atoms with Gasteiger partial charge in [-0.25, -0.2) is 0 Å². The molecule has 0 bridgehead atoms. The number of nitro benzene ring substituents is 1. The Morgan fingerprint density at radius 1 is 1.37 bits per heavy atom. The quantitative estimate of drug-likeness (QED) is 0.514. The SMILES string of the molecule is CC1(C)CCC(Oc2ccc([N+](=O)[O-])cc2N)CC1. The zero-order chi connectivity index (χ0) is 14.0. The average Bonchev–Trinajstić information content (AvgIpc) is 2.34. The Morgan fingerprint density at radius 2 is 2.00 bits per heavy atom. The summed E-state index contributed by atoms with van der Waals surface area (Å²) in [6, 6.07) is 4.37. The molecule has 1 saturated carbocycles. The smallest absolute Gasteiger partial charge is 0.271 e. The van der Waals surface area contributed by atoms with Crippen LogP contribution in [0.2, 0.25) is 0 Å². The van der Waals surface area contributed by atoms with Gasteiger partial charge in [0, 0.05) is 12.1 Å². The highest BCUT2D eigenvalue weighted by Gasteiger charge is 2.28. The third-order valence-electron chi connectivity index (χ3n) is 3.78. The maximum absolute atomic E-state index is 10.6. The van der Waals surface area contributed by atoms with Crippen molar-refractivity contribution >= 4 is 11.4 Å². The van der Waals surface area contributed by atoms with Crippen molar-refractivity contribution in [2.45, 2.75) is 45.6 Å².